The van der Waals surface area contributed by atoms with Crippen molar-refractivity contribution in [1.29, 1.82) is 0 Å². The average molecular weight is 426 g/mol. The Morgan fingerprint density at radius 1 is 0.968 bits per heavy atom. The molecule has 1 fully saturated rings. The SMILES string of the molecule is COc1cc2nccc(Oc3ccccc3F)c2cc1OCCCN1CCN(C)CC1. The number of hydrogen-bond donors (Lipinski definition) is 0. The van der Waals surface area contributed by atoms with E-state index in [0.717, 1.165) is 44.5 Å². The summed E-state index contributed by atoms with van der Waals surface area (Å²) in [4.78, 5) is 9.21. The second-order valence-electron chi connectivity index (χ2n) is 7.71. The van der Waals surface area contributed by atoms with Crippen molar-refractivity contribution in [1.82, 2.24) is 14.8 Å². The molecule has 0 atom stereocenters. The van der Waals surface area contributed by atoms with Gasteiger partial charge in [0.25, 0.3) is 0 Å². The van der Waals surface area contributed by atoms with Crippen LogP contribution in [-0.4, -0.2) is 68.3 Å². The minimum Gasteiger partial charge on any atom is -0.493 e. The Bertz CT molecular complexity index is 1020. The van der Waals surface area contributed by atoms with Crippen molar-refractivity contribution in [2.24, 2.45) is 0 Å². The Balaban J connectivity index is 1.48. The highest BCUT2D eigenvalue weighted by Gasteiger charge is 2.15. The van der Waals surface area contributed by atoms with E-state index in [-0.39, 0.29) is 5.75 Å². The molecule has 7 heteroatoms. The van der Waals surface area contributed by atoms with Gasteiger partial charge >= 0.3 is 0 Å². The Labute approximate surface area is 182 Å². The fourth-order valence-corrected chi connectivity index (χ4v) is 3.68. The zero-order valence-corrected chi connectivity index (χ0v) is 18.0. The first kappa shape index (κ1) is 21.3. The van der Waals surface area contributed by atoms with Gasteiger partial charge in [-0.3, -0.25) is 4.98 Å². The lowest BCUT2D eigenvalue weighted by Gasteiger charge is -2.32. The van der Waals surface area contributed by atoms with E-state index in [4.69, 9.17) is 14.2 Å². The van der Waals surface area contributed by atoms with Crippen LogP contribution < -0.4 is 14.2 Å². The van der Waals surface area contributed by atoms with Crippen molar-refractivity contribution in [2.75, 3.05) is 53.5 Å². The number of hydrogen-bond acceptors (Lipinski definition) is 6. The monoisotopic (exact) mass is 425 g/mol. The molecule has 6 nitrogen and oxygen atoms in total. The molecule has 0 amide bonds. The summed E-state index contributed by atoms with van der Waals surface area (Å²) >= 11 is 0. The van der Waals surface area contributed by atoms with Gasteiger partial charge in [0.2, 0.25) is 0 Å². The molecule has 4 rings (SSSR count). The van der Waals surface area contributed by atoms with E-state index in [1.165, 1.54) is 6.07 Å². The van der Waals surface area contributed by atoms with Crippen LogP contribution in [0.15, 0.2) is 48.7 Å². The summed E-state index contributed by atoms with van der Waals surface area (Å²) < 4.78 is 31.5. The number of ether oxygens (including phenoxy) is 3. The molecule has 1 saturated heterocycles. The van der Waals surface area contributed by atoms with Gasteiger partial charge in [0.05, 0.1) is 19.2 Å². The van der Waals surface area contributed by atoms with Gasteiger partial charge in [0.15, 0.2) is 23.1 Å². The molecule has 1 aromatic heterocycles. The summed E-state index contributed by atoms with van der Waals surface area (Å²) in [6.07, 6.45) is 2.56. The van der Waals surface area contributed by atoms with Gasteiger partial charge in [-0.15, -0.1) is 0 Å². The van der Waals surface area contributed by atoms with Crippen LogP contribution >= 0.6 is 0 Å². The van der Waals surface area contributed by atoms with E-state index in [1.54, 1.807) is 37.6 Å². The number of benzene rings is 2. The molecular weight excluding hydrogens is 397 g/mol. The quantitative estimate of drug-likeness (QED) is 0.505. The predicted molar refractivity (Wildman–Crippen MR) is 119 cm³/mol. The molecule has 0 bridgehead atoms. The van der Waals surface area contributed by atoms with Crippen molar-refractivity contribution >= 4 is 10.9 Å². The third-order valence-corrected chi connectivity index (χ3v) is 5.52. The molecule has 0 N–H and O–H groups in total. The Morgan fingerprint density at radius 2 is 1.77 bits per heavy atom. The third kappa shape index (κ3) is 5.24. The summed E-state index contributed by atoms with van der Waals surface area (Å²) in [5, 5.41) is 0.737. The van der Waals surface area contributed by atoms with Gasteiger partial charge in [-0.05, 0) is 37.7 Å². The van der Waals surface area contributed by atoms with Gasteiger partial charge in [-0.2, -0.15) is 0 Å². The molecule has 0 aliphatic carbocycles. The van der Waals surface area contributed by atoms with Crippen LogP contribution in [-0.2, 0) is 0 Å². The summed E-state index contributed by atoms with van der Waals surface area (Å²) in [7, 11) is 3.77. The van der Waals surface area contributed by atoms with E-state index in [2.05, 4.69) is 21.8 Å². The zero-order chi connectivity index (χ0) is 21.6. The van der Waals surface area contributed by atoms with Crippen LogP contribution in [0.3, 0.4) is 0 Å². The topological polar surface area (TPSA) is 47.1 Å². The predicted octanol–water partition coefficient (Wildman–Crippen LogP) is 4.19. The highest BCUT2D eigenvalue weighted by atomic mass is 19.1. The number of halogens is 1. The summed E-state index contributed by atoms with van der Waals surface area (Å²) in [6.45, 7) is 6.00. The lowest BCUT2D eigenvalue weighted by atomic mass is 10.1. The van der Waals surface area contributed by atoms with E-state index >= 15 is 0 Å². The van der Waals surface area contributed by atoms with Gasteiger partial charge in [-0.25, -0.2) is 4.39 Å². The van der Waals surface area contributed by atoms with E-state index in [1.807, 2.05) is 12.1 Å². The highest BCUT2D eigenvalue weighted by Crippen LogP contribution is 2.37. The minimum atomic E-state index is -0.415. The van der Waals surface area contributed by atoms with Gasteiger partial charge in [0, 0.05) is 50.4 Å². The first-order chi connectivity index (χ1) is 15.1. The number of methoxy groups -OCH3 is 1. The number of likely N-dealkylation sites (N-methyl/N-ethyl adjacent to an activating group) is 1. The standard InChI is InChI=1S/C24H28FN3O3/c1-27-11-13-28(14-12-27)10-5-15-30-24-16-18-20(17-23(24)29-2)26-9-8-21(18)31-22-7-4-3-6-19(22)25/h3-4,6-9,16-17H,5,10-15H2,1-2H3. The number of para-hydroxylation sites is 1. The fourth-order valence-electron chi connectivity index (χ4n) is 3.68. The maximum atomic E-state index is 14.1. The van der Waals surface area contributed by atoms with Gasteiger partial charge < -0.3 is 24.0 Å². The minimum absolute atomic E-state index is 0.167. The first-order valence-corrected chi connectivity index (χ1v) is 10.6. The van der Waals surface area contributed by atoms with Crippen LogP contribution in [0.1, 0.15) is 6.42 Å². The molecule has 31 heavy (non-hydrogen) atoms. The number of piperazine rings is 1. The summed E-state index contributed by atoms with van der Waals surface area (Å²) in [6, 6.07) is 11.7. The molecule has 3 aromatic rings. The molecule has 0 spiro atoms. The van der Waals surface area contributed by atoms with Crippen molar-refractivity contribution < 1.29 is 18.6 Å². The molecule has 0 unspecified atom stereocenters. The summed E-state index contributed by atoms with van der Waals surface area (Å²) in [5.74, 6) is 1.50. The zero-order valence-electron chi connectivity index (χ0n) is 18.0. The molecule has 1 aliphatic rings. The van der Waals surface area contributed by atoms with Crippen molar-refractivity contribution in [2.45, 2.75) is 6.42 Å². The van der Waals surface area contributed by atoms with Crippen molar-refractivity contribution in [3.05, 3.63) is 54.5 Å². The lowest BCUT2D eigenvalue weighted by Crippen LogP contribution is -2.44. The molecular formula is C24H28FN3O3. The first-order valence-electron chi connectivity index (χ1n) is 10.6. The number of aromatic nitrogens is 1. The van der Waals surface area contributed by atoms with Crippen LogP contribution in [0.25, 0.3) is 10.9 Å². The van der Waals surface area contributed by atoms with Crippen molar-refractivity contribution in [3.63, 3.8) is 0 Å². The van der Waals surface area contributed by atoms with E-state index in [0.29, 0.717) is 29.4 Å². The number of nitrogens with zero attached hydrogens (tertiary/aromatic N) is 3. The maximum Gasteiger partial charge on any atom is 0.165 e. The van der Waals surface area contributed by atoms with E-state index < -0.39 is 5.82 Å². The Hall–Kier alpha value is -2.90. The molecule has 2 aromatic carbocycles. The largest absolute Gasteiger partial charge is 0.493 e. The van der Waals surface area contributed by atoms with Crippen molar-refractivity contribution in [3.8, 4) is 23.0 Å². The van der Waals surface area contributed by atoms with Crippen LogP contribution in [0.4, 0.5) is 4.39 Å². The number of fused-ring (bicyclic) bond motifs is 1. The Kier molecular flexibility index (Phi) is 6.84. The van der Waals surface area contributed by atoms with Gasteiger partial charge in [-0.1, -0.05) is 12.1 Å². The van der Waals surface area contributed by atoms with Crippen LogP contribution in [0.5, 0.6) is 23.0 Å². The van der Waals surface area contributed by atoms with Crippen LogP contribution in [0.2, 0.25) is 0 Å². The second-order valence-corrected chi connectivity index (χ2v) is 7.71. The van der Waals surface area contributed by atoms with Crippen LogP contribution in [0, 0.1) is 5.82 Å². The molecule has 0 saturated carbocycles. The highest BCUT2D eigenvalue weighted by molar-refractivity contribution is 5.88. The fraction of sp³-hybridized carbons (Fsp3) is 0.375. The molecule has 0 radical (unpaired) electrons. The molecule has 1 aliphatic heterocycles. The Morgan fingerprint density at radius 3 is 2.55 bits per heavy atom. The molecule has 164 valence electrons. The number of rotatable bonds is 8. The maximum absolute atomic E-state index is 14.1. The average Bonchev–Trinajstić information content (AvgIpc) is 2.79. The number of pyridine rings is 1. The summed E-state index contributed by atoms with van der Waals surface area (Å²) in [5.41, 5.74) is 0.690. The lowest BCUT2D eigenvalue weighted by molar-refractivity contribution is 0.145. The second kappa shape index (κ2) is 9.94. The normalized spacial score (nSPS) is 15.2. The third-order valence-electron chi connectivity index (χ3n) is 5.52. The van der Waals surface area contributed by atoms with E-state index in [9.17, 15) is 4.39 Å². The van der Waals surface area contributed by atoms with Gasteiger partial charge in [0.1, 0.15) is 5.75 Å². The smallest absolute Gasteiger partial charge is 0.165 e. The molecule has 2 heterocycles.